The van der Waals surface area contributed by atoms with E-state index >= 15 is 0 Å². The zero-order valence-electron chi connectivity index (χ0n) is 12.6. The summed E-state index contributed by atoms with van der Waals surface area (Å²) in [6.07, 6.45) is 4.89. The molecule has 0 spiro atoms. The molecule has 1 aliphatic carbocycles. The molecule has 1 saturated carbocycles. The lowest BCUT2D eigenvalue weighted by Crippen LogP contribution is -2.55. The standard InChI is InChI=1S/C16H24N2O2.ClH/c1-18(12-13-20-14-8-4-2-5-9-14)15(19)16(17)10-6-3-7-11-16;/h2,4-5,8-9H,3,6-7,10-13,17H2,1H3;1H. The molecule has 1 fully saturated rings. The van der Waals surface area contributed by atoms with Gasteiger partial charge in [-0.15, -0.1) is 12.4 Å². The number of rotatable bonds is 5. The van der Waals surface area contributed by atoms with Gasteiger partial charge in [-0.25, -0.2) is 0 Å². The van der Waals surface area contributed by atoms with Crippen LogP contribution in [0.15, 0.2) is 30.3 Å². The molecule has 5 heteroatoms. The molecule has 21 heavy (non-hydrogen) atoms. The Hall–Kier alpha value is -1.26. The molecule has 0 unspecified atom stereocenters. The number of carbonyl (C=O) groups excluding carboxylic acids is 1. The predicted octanol–water partition coefficient (Wildman–Crippen LogP) is 2.61. The van der Waals surface area contributed by atoms with Crippen LogP contribution >= 0.6 is 12.4 Å². The van der Waals surface area contributed by atoms with Crippen molar-refractivity contribution in [2.45, 2.75) is 37.6 Å². The van der Waals surface area contributed by atoms with Gasteiger partial charge in [0.05, 0.1) is 12.1 Å². The Morgan fingerprint density at radius 1 is 1.24 bits per heavy atom. The second-order valence-electron chi connectivity index (χ2n) is 5.61. The molecule has 0 aromatic heterocycles. The van der Waals surface area contributed by atoms with Crippen LogP contribution in [-0.4, -0.2) is 36.5 Å². The Kier molecular flexibility index (Phi) is 6.99. The molecule has 0 saturated heterocycles. The maximum Gasteiger partial charge on any atom is 0.242 e. The first kappa shape index (κ1) is 17.8. The lowest BCUT2D eigenvalue weighted by atomic mass is 9.81. The number of para-hydroxylation sites is 1. The number of hydrogen-bond acceptors (Lipinski definition) is 3. The van der Waals surface area contributed by atoms with Crippen molar-refractivity contribution in [3.05, 3.63) is 30.3 Å². The Bertz CT molecular complexity index is 433. The molecule has 0 radical (unpaired) electrons. The first-order valence-electron chi connectivity index (χ1n) is 7.34. The molecule has 118 valence electrons. The maximum absolute atomic E-state index is 12.4. The molecular weight excluding hydrogens is 288 g/mol. The minimum Gasteiger partial charge on any atom is -0.492 e. The van der Waals surface area contributed by atoms with E-state index in [2.05, 4.69) is 0 Å². The topological polar surface area (TPSA) is 55.6 Å². The van der Waals surface area contributed by atoms with Crippen molar-refractivity contribution in [2.75, 3.05) is 20.2 Å². The van der Waals surface area contributed by atoms with Gasteiger partial charge in [0.1, 0.15) is 12.4 Å². The number of carbonyl (C=O) groups is 1. The van der Waals surface area contributed by atoms with Crippen LogP contribution in [0.1, 0.15) is 32.1 Å². The van der Waals surface area contributed by atoms with E-state index in [1.165, 1.54) is 6.42 Å². The lowest BCUT2D eigenvalue weighted by molar-refractivity contribution is -0.137. The summed E-state index contributed by atoms with van der Waals surface area (Å²) in [6, 6.07) is 9.63. The van der Waals surface area contributed by atoms with E-state index in [1.807, 2.05) is 30.3 Å². The summed E-state index contributed by atoms with van der Waals surface area (Å²) in [5.41, 5.74) is 5.60. The summed E-state index contributed by atoms with van der Waals surface area (Å²) in [6.45, 7) is 1.05. The molecule has 1 aromatic carbocycles. The van der Waals surface area contributed by atoms with Crippen LogP contribution in [0.4, 0.5) is 0 Å². The number of amides is 1. The summed E-state index contributed by atoms with van der Waals surface area (Å²) >= 11 is 0. The third-order valence-corrected chi connectivity index (χ3v) is 3.96. The fourth-order valence-corrected chi connectivity index (χ4v) is 2.70. The summed E-state index contributed by atoms with van der Waals surface area (Å²) < 4.78 is 5.61. The first-order valence-corrected chi connectivity index (χ1v) is 7.34. The Morgan fingerprint density at radius 2 is 1.86 bits per heavy atom. The molecule has 4 nitrogen and oxygen atoms in total. The fraction of sp³-hybridized carbons (Fsp3) is 0.562. The second-order valence-corrected chi connectivity index (χ2v) is 5.61. The van der Waals surface area contributed by atoms with Gasteiger partial charge in [-0.2, -0.15) is 0 Å². The summed E-state index contributed by atoms with van der Waals surface area (Å²) in [7, 11) is 1.81. The minimum atomic E-state index is -0.653. The molecule has 1 amide bonds. The van der Waals surface area contributed by atoms with Crippen molar-refractivity contribution in [3.8, 4) is 5.75 Å². The van der Waals surface area contributed by atoms with Crippen LogP contribution < -0.4 is 10.5 Å². The maximum atomic E-state index is 12.4. The summed E-state index contributed by atoms with van der Waals surface area (Å²) in [4.78, 5) is 14.1. The van der Waals surface area contributed by atoms with Gasteiger partial charge in [-0.1, -0.05) is 37.5 Å². The van der Waals surface area contributed by atoms with E-state index in [1.54, 1.807) is 11.9 Å². The zero-order valence-corrected chi connectivity index (χ0v) is 13.4. The van der Waals surface area contributed by atoms with Crippen molar-refractivity contribution >= 4 is 18.3 Å². The van der Waals surface area contributed by atoms with Crippen molar-refractivity contribution in [2.24, 2.45) is 5.73 Å². The average Bonchev–Trinajstić information content (AvgIpc) is 2.48. The Labute approximate surface area is 133 Å². The quantitative estimate of drug-likeness (QED) is 0.909. The SMILES string of the molecule is CN(CCOc1ccccc1)C(=O)C1(N)CCCCC1.Cl. The number of halogens is 1. The Balaban J connectivity index is 0.00000220. The van der Waals surface area contributed by atoms with Crippen LogP contribution in [0.3, 0.4) is 0 Å². The van der Waals surface area contributed by atoms with Crippen LogP contribution in [0.25, 0.3) is 0 Å². The number of hydrogen-bond donors (Lipinski definition) is 1. The van der Waals surface area contributed by atoms with Gasteiger partial charge < -0.3 is 15.4 Å². The third kappa shape index (κ3) is 4.90. The summed E-state index contributed by atoms with van der Waals surface area (Å²) in [5.74, 6) is 0.877. The van der Waals surface area contributed by atoms with Crippen LogP contribution in [0.5, 0.6) is 5.75 Å². The lowest BCUT2D eigenvalue weighted by Gasteiger charge is -2.35. The van der Waals surface area contributed by atoms with Gasteiger partial charge in [0.2, 0.25) is 5.91 Å². The zero-order chi connectivity index (χ0) is 14.4. The highest BCUT2D eigenvalue weighted by atomic mass is 35.5. The third-order valence-electron chi connectivity index (χ3n) is 3.96. The van der Waals surface area contributed by atoms with Crippen LogP contribution in [-0.2, 0) is 4.79 Å². The minimum absolute atomic E-state index is 0. The predicted molar refractivity (Wildman–Crippen MR) is 86.8 cm³/mol. The average molecular weight is 313 g/mol. The summed E-state index contributed by atoms with van der Waals surface area (Å²) in [5, 5.41) is 0. The fourth-order valence-electron chi connectivity index (χ4n) is 2.70. The van der Waals surface area contributed by atoms with Crippen molar-refractivity contribution in [1.82, 2.24) is 4.90 Å². The first-order chi connectivity index (χ1) is 9.62. The molecule has 2 N–H and O–H groups in total. The van der Waals surface area contributed by atoms with E-state index in [0.717, 1.165) is 31.4 Å². The van der Waals surface area contributed by atoms with Gasteiger partial charge in [0, 0.05) is 7.05 Å². The van der Waals surface area contributed by atoms with E-state index < -0.39 is 5.54 Å². The highest BCUT2D eigenvalue weighted by Gasteiger charge is 2.37. The van der Waals surface area contributed by atoms with Gasteiger partial charge in [0.15, 0.2) is 0 Å². The van der Waals surface area contributed by atoms with E-state index in [4.69, 9.17) is 10.5 Å². The van der Waals surface area contributed by atoms with Gasteiger partial charge in [-0.05, 0) is 25.0 Å². The van der Waals surface area contributed by atoms with Crippen LogP contribution in [0.2, 0.25) is 0 Å². The number of benzene rings is 1. The molecule has 0 heterocycles. The Morgan fingerprint density at radius 3 is 2.48 bits per heavy atom. The number of nitrogens with two attached hydrogens (primary N) is 1. The molecule has 0 atom stereocenters. The monoisotopic (exact) mass is 312 g/mol. The number of likely N-dealkylation sites (N-methyl/N-ethyl adjacent to an activating group) is 1. The highest BCUT2D eigenvalue weighted by molar-refractivity contribution is 5.86. The molecule has 1 aliphatic rings. The second kappa shape index (κ2) is 8.25. The highest BCUT2D eigenvalue weighted by Crippen LogP contribution is 2.27. The van der Waals surface area contributed by atoms with Crippen LogP contribution in [0, 0.1) is 0 Å². The molecule has 0 bridgehead atoms. The number of ether oxygens (including phenoxy) is 1. The van der Waals surface area contributed by atoms with Crippen molar-refractivity contribution in [3.63, 3.8) is 0 Å². The van der Waals surface area contributed by atoms with Crippen molar-refractivity contribution < 1.29 is 9.53 Å². The van der Waals surface area contributed by atoms with E-state index in [-0.39, 0.29) is 18.3 Å². The van der Waals surface area contributed by atoms with Crippen molar-refractivity contribution in [1.29, 1.82) is 0 Å². The van der Waals surface area contributed by atoms with E-state index in [0.29, 0.717) is 13.2 Å². The van der Waals surface area contributed by atoms with Gasteiger partial charge in [0.25, 0.3) is 0 Å². The normalized spacial score (nSPS) is 16.7. The molecule has 2 rings (SSSR count). The van der Waals surface area contributed by atoms with Gasteiger partial charge in [-0.3, -0.25) is 4.79 Å². The van der Waals surface area contributed by atoms with E-state index in [9.17, 15) is 4.79 Å². The molecular formula is C16H25ClN2O2. The van der Waals surface area contributed by atoms with Gasteiger partial charge >= 0.3 is 0 Å². The molecule has 0 aliphatic heterocycles. The number of nitrogens with zero attached hydrogens (tertiary/aromatic N) is 1. The largest absolute Gasteiger partial charge is 0.492 e. The molecule has 1 aromatic rings. The smallest absolute Gasteiger partial charge is 0.242 e.